The summed E-state index contributed by atoms with van der Waals surface area (Å²) in [7, 11) is 0. The van der Waals surface area contributed by atoms with Gasteiger partial charge in [0.15, 0.2) is 0 Å². The molecule has 2 fully saturated rings. The van der Waals surface area contributed by atoms with E-state index in [1.54, 1.807) is 4.90 Å². The van der Waals surface area contributed by atoms with Crippen LogP contribution in [0, 0.1) is 0 Å². The van der Waals surface area contributed by atoms with Gasteiger partial charge in [-0.25, -0.2) is 4.79 Å². The Morgan fingerprint density at radius 3 is 2.30 bits per heavy atom. The zero-order chi connectivity index (χ0) is 17.3. The third-order valence-corrected chi connectivity index (χ3v) is 6.03. The fraction of sp³-hybridized carbons (Fsp3) is 0.875. The smallest absolute Gasteiger partial charge is 0.410 e. The topological polar surface area (TPSA) is 78.9 Å². The van der Waals surface area contributed by atoms with Gasteiger partial charge in [0.1, 0.15) is 5.60 Å². The predicted octanol–water partition coefficient (Wildman–Crippen LogP) is 2.33. The molecular formula is C16H28N2O4S. The van der Waals surface area contributed by atoms with Gasteiger partial charge in [0.2, 0.25) is 0 Å². The number of thioether (sulfide) groups is 1. The summed E-state index contributed by atoms with van der Waals surface area (Å²) in [5, 5.41) is 12.7. The molecule has 1 aliphatic carbocycles. The van der Waals surface area contributed by atoms with E-state index >= 15 is 0 Å². The number of amides is 1. The molecule has 0 atom stereocenters. The van der Waals surface area contributed by atoms with Gasteiger partial charge in [0.25, 0.3) is 0 Å². The number of carboxylic acid groups (broad SMARTS) is 1. The van der Waals surface area contributed by atoms with Crippen LogP contribution in [0.2, 0.25) is 0 Å². The summed E-state index contributed by atoms with van der Waals surface area (Å²) in [5.41, 5.74) is -1.06. The van der Waals surface area contributed by atoms with E-state index in [9.17, 15) is 14.7 Å². The van der Waals surface area contributed by atoms with Crippen LogP contribution in [0.1, 0.15) is 46.5 Å². The Bertz CT molecular complexity index is 460. The molecule has 132 valence electrons. The number of carbonyl (C=O) groups is 2. The highest BCUT2D eigenvalue weighted by atomic mass is 32.2. The lowest BCUT2D eigenvalue weighted by Gasteiger charge is -2.52. The molecule has 1 aliphatic heterocycles. The summed E-state index contributed by atoms with van der Waals surface area (Å²) in [6.07, 6.45) is 5.33. The van der Waals surface area contributed by atoms with E-state index in [1.807, 2.05) is 32.5 Å². The molecule has 0 aromatic carbocycles. The molecule has 23 heavy (non-hydrogen) atoms. The predicted molar refractivity (Wildman–Crippen MR) is 90.9 cm³/mol. The summed E-state index contributed by atoms with van der Waals surface area (Å²) >= 11 is 1.85. The van der Waals surface area contributed by atoms with Gasteiger partial charge in [-0.15, -0.1) is 0 Å². The maximum Gasteiger partial charge on any atom is 0.410 e. The number of nitrogens with one attached hydrogen (secondary N) is 1. The van der Waals surface area contributed by atoms with Gasteiger partial charge < -0.3 is 20.1 Å². The first-order chi connectivity index (χ1) is 10.6. The quantitative estimate of drug-likeness (QED) is 0.770. The number of carbonyl (C=O) groups excluding carboxylic acids is 1. The fourth-order valence-corrected chi connectivity index (χ4v) is 4.00. The average molecular weight is 344 g/mol. The lowest BCUT2D eigenvalue weighted by Crippen LogP contribution is -2.72. The maximum absolute atomic E-state index is 12.1. The van der Waals surface area contributed by atoms with Gasteiger partial charge in [-0.3, -0.25) is 4.79 Å². The lowest BCUT2D eigenvalue weighted by molar-refractivity contribution is -0.141. The zero-order valence-electron chi connectivity index (χ0n) is 14.5. The number of rotatable bonds is 6. The minimum absolute atomic E-state index is 0.0246. The Morgan fingerprint density at radius 2 is 1.91 bits per heavy atom. The van der Waals surface area contributed by atoms with Crippen LogP contribution in [0.25, 0.3) is 0 Å². The Morgan fingerprint density at radius 1 is 1.30 bits per heavy atom. The van der Waals surface area contributed by atoms with Crippen molar-refractivity contribution >= 4 is 23.8 Å². The van der Waals surface area contributed by atoms with Crippen molar-refractivity contribution in [1.82, 2.24) is 10.2 Å². The third-order valence-electron chi connectivity index (χ3n) is 4.61. The molecule has 0 aromatic rings. The maximum atomic E-state index is 12.1. The van der Waals surface area contributed by atoms with Crippen LogP contribution in [0.3, 0.4) is 0 Å². The molecule has 1 saturated heterocycles. The molecule has 0 bridgehead atoms. The van der Waals surface area contributed by atoms with Crippen molar-refractivity contribution < 1.29 is 19.4 Å². The standard InChI is InChI=1S/C16H28N2O4S/c1-14(2,3)22-13(21)18-10-15(11-18,8-12(19)20)17-9-16(23-4)6-5-7-16/h17H,5-11H2,1-4H3,(H,19,20). The Hall–Kier alpha value is -0.950. The van der Waals surface area contributed by atoms with Crippen molar-refractivity contribution in [3.8, 4) is 0 Å². The van der Waals surface area contributed by atoms with Crippen molar-refractivity contribution in [2.45, 2.75) is 62.3 Å². The fourth-order valence-electron chi connectivity index (χ4n) is 3.09. The molecule has 0 unspecified atom stereocenters. The SMILES string of the molecule is CSC1(CNC2(CC(=O)O)CN(C(=O)OC(C)(C)C)C2)CCC1. The molecule has 1 saturated carbocycles. The van der Waals surface area contributed by atoms with Gasteiger partial charge in [-0.05, 0) is 39.9 Å². The number of hydrogen-bond donors (Lipinski definition) is 2. The Balaban J connectivity index is 1.92. The number of nitrogens with zero attached hydrogens (tertiary/aromatic N) is 1. The number of aliphatic carboxylic acids is 1. The number of hydrogen-bond acceptors (Lipinski definition) is 5. The molecule has 1 heterocycles. The van der Waals surface area contributed by atoms with Crippen LogP contribution >= 0.6 is 11.8 Å². The van der Waals surface area contributed by atoms with Crippen LogP contribution in [0.15, 0.2) is 0 Å². The van der Waals surface area contributed by atoms with E-state index in [2.05, 4.69) is 11.6 Å². The molecule has 2 N–H and O–H groups in total. The van der Waals surface area contributed by atoms with E-state index in [-0.39, 0.29) is 17.3 Å². The van der Waals surface area contributed by atoms with Crippen LogP contribution < -0.4 is 5.32 Å². The van der Waals surface area contributed by atoms with E-state index < -0.39 is 17.1 Å². The molecule has 0 radical (unpaired) electrons. The molecule has 2 aliphatic rings. The third kappa shape index (κ3) is 4.53. The van der Waals surface area contributed by atoms with E-state index in [1.165, 1.54) is 19.3 Å². The summed E-state index contributed by atoms with van der Waals surface area (Å²) < 4.78 is 5.58. The minimum Gasteiger partial charge on any atom is -0.481 e. The van der Waals surface area contributed by atoms with Crippen LogP contribution in [0.4, 0.5) is 4.79 Å². The van der Waals surface area contributed by atoms with Gasteiger partial charge in [-0.1, -0.05) is 6.42 Å². The largest absolute Gasteiger partial charge is 0.481 e. The molecule has 1 amide bonds. The van der Waals surface area contributed by atoms with Crippen molar-refractivity contribution in [3.05, 3.63) is 0 Å². The van der Waals surface area contributed by atoms with Gasteiger partial charge in [0.05, 0.1) is 12.0 Å². The van der Waals surface area contributed by atoms with Gasteiger partial charge in [-0.2, -0.15) is 11.8 Å². The average Bonchev–Trinajstić information content (AvgIpc) is 2.30. The lowest BCUT2D eigenvalue weighted by atomic mass is 9.81. The monoisotopic (exact) mass is 344 g/mol. The molecule has 0 aromatic heterocycles. The van der Waals surface area contributed by atoms with Crippen molar-refractivity contribution in [3.63, 3.8) is 0 Å². The molecule has 0 spiro atoms. The van der Waals surface area contributed by atoms with E-state index in [0.29, 0.717) is 13.1 Å². The second-order valence-corrected chi connectivity index (χ2v) is 9.06. The van der Waals surface area contributed by atoms with Gasteiger partial charge in [0, 0.05) is 24.4 Å². The summed E-state index contributed by atoms with van der Waals surface area (Å²) in [5.74, 6) is -0.840. The molecule has 7 heteroatoms. The van der Waals surface area contributed by atoms with Crippen molar-refractivity contribution in [2.24, 2.45) is 0 Å². The van der Waals surface area contributed by atoms with Crippen molar-refractivity contribution in [1.29, 1.82) is 0 Å². The minimum atomic E-state index is -0.840. The summed E-state index contributed by atoms with van der Waals surface area (Å²) in [4.78, 5) is 24.9. The van der Waals surface area contributed by atoms with Crippen LogP contribution in [-0.2, 0) is 9.53 Å². The summed E-state index contributed by atoms with van der Waals surface area (Å²) in [6.45, 7) is 7.05. The number of carboxylic acids is 1. The number of ether oxygens (including phenoxy) is 1. The van der Waals surface area contributed by atoms with E-state index in [0.717, 1.165) is 6.54 Å². The second kappa shape index (κ2) is 6.51. The first-order valence-electron chi connectivity index (χ1n) is 8.09. The second-order valence-electron chi connectivity index (χ2n) is 7.78. The summed E-state index contributed by atoms with van der Waals surface area (Å²) in [6, 6.07) is 0. The number of likely N-dealkylation sites (tertiary alicyclic amines) is 1. The Kier molecular flexibility index (Phi) is 5.21. The Labute approximate surface area is 142 Å². The molecular weight excluding hydrogens is 316 g/mol. The van der Waals surface area contributed by atoms with Crippen LogP contribution in [-0.4, -0.2) is 63.8 Å². The zero-order valence-corrected chi connectivity index (χ0v) is 15.3. The van der Waals surface area contributed by atoms with E-state index in [4.69, 9.17) is 4.74 Å². The molecule has 2 rings (SSSR count). The first-order valence-corrected chi connectivity index (χ1v) is 9.31. The normalized spacial score (nSPS) is 22.0. The highest BCUT2D eigenvalue weighted by Gasteiger charge is 2.49. The first kappa shape index (κ1) is 18.4. The van der Waals surface area contributed by atoms with Gasteiger partial charge >= 0.3 is 12.1 Å². The molecule has 6 nitrogen and oxygen atoms in total. The highest BCUT2D eigenvalue weighted by molar-refractivity contribution is 8.00. The highest BCUT2D eigenvalue weighted by Crippen LogP contribution is 2.43. The van der Waals surface area contributed by atoms with Crippen molar-refractivity contribution in [2.75, 3.05) is 25.9 Å². The van der Waals surface area contributed by atoms with Crippen LogP contribution in [0.5, 0.6) is 0 Å².